The minimum atomic E-state index is 0.885. The third-order valence-electron chi connectivity index (χ3n) is 4.49. The molecule has 0 aromatic carbocycles. The first-order valence-electron chi connectivity index (χ1n) is 8.64. The van der Waals surface area contributed by atoms with Gasteiger partial charge in [0.2, 0.25) is 0 Å². The van der Waals surface area contributed by atoms with E-state index < -0.39 is 0 Å². The Balaban J connectivity index is 1.97. The van der Waals surface area contributed by atoms with Gasteiger partial charge in [0.05, 0.1) is 0 Å². The first-order chi connectivity index (χ1) is 9.36. The molecule has 0 unspecified atom stereocenters. The predicted octanol–water partition coefficient (Wildman–Crippen LogP) is 6.68. The van der Waals surface area contributed by atoms with Gasteiger partial charge >= 0.3 is 0 Å². The summed E-state index contributed by atoms with van der Waals surface area (Å²) in [5, 5.41) is 0. The summed E-state index contributed by atoms with van der Waals surface area (Å²) in [6.07, 6.45) is 24.8. The lowest BCUT2D eigenvalue weighted by Gasteiger charge is -2.26. The molecule has 1 fully saturated rings. The fourth-order valence-corrected chi connectivity index (χ4v) is 3.20. The van der Waals surface area contributed by atoms with Crippen LogP contribution in [0.2, 0.25) is 0 Å². The van der Waals surface area contributed by atoms with Crippen molar-refractivity contribution in [3.63, 3.8) is 0 Å². The molecule has 0 nitrogen and oxygen atoms in total. The molecule has 0 aromatic rings. The summed E-state index contributed by atoms with van der Waals surface area (Å²) < 4.78 is 0. The zero-order valence-corrected chi connectivity index (χ0v) is 13.2. The van der Waals surface area contributed by atoms with E-state index in [1.807, 2.05) is 0 Å². The quantitative estimate of drug-likeness (QED) is 0.321. The standard InChI is InChI=1S/C19H34/c1-3-5-6-7-8-9-10-11-13-19-16-14-18(12-4-2)15-17-19/h4,9-10,12,18-19H,3,5-8,11,13-17H2,1-2H3. The molecule has 0 heterocycles. The molecule has 0 heteroatoms. The second-order valence-corrected chi connectivity index (χ2v) is 6.20. The van der Waals surface area contributed by atoms with Crippen LogP contribution >= 0.6 is 0 Å². The Morgan fingerprint density at radius 2 is 1.63 bits per heavy atom. The summed E-state index contributed by atoms with van der Waals surface area (Å²) in [6.45, 7) is 4.43. The zero-order valence-electron chi connectivity index (χ0n) is 13.2. The molecule has 0 saturated heterocycles. The van der Waals surface area contributed by atoms with Crippen LogP contribution in [0.25, 0.3) is 0 Å². The Kier molecular flexibility index (Phi) is 9.85. The fourth-order valence-electron chi connectivity index (χ4n) is 3.20. The number of unbranched alkanes of at least 4 members (excludes halogenated alkanes) is 4. The lowest BCUT2D eigenvalue weighted by Crippen LogP contribution is -2.12. The van der Waals surface area contributed by atoms with Crippen molar-refractivity contribution in [1.82, 2.24) is 0 Å². The summed E-state index contributed by atoms with van der Waals surface area (Å²) in [6, 6.07) is 0. The van der Waals surface area contributed by atoms with Crippen LogP contribution in [0, 0.1) is 11.8 Å². The van der Waals surface area contributed by atoms with Crippen molar-refractivity contribution in [3.05, 3.63) is 24.3 Å². The molecule has 1 aliphatic carbocycles. The van der Waals surface area contributed by atoms with Crippen molar-refractivity contribution in [1.29, 1.82) is 0 Å². The van der Waals surface area contributed by atoms with Crippen molar-refractivity contribution >= 4 is 0 Å². The average molecular weight is 262 g/mol. The van der Waals surface area contributed by atoms with Gasteiger partial charge in [-0.3, -0.25) is 0 Å². The van der Waals surface area contributed by atoms with E-state index in [-0.39, 0.29) is 0 Å². The predicted molar refractivity (Wildman–Crippen MR) is 87.4 cm³/mol. The molecule has 1 saturated carbocycles. The Hall–Kier alpha value is -0.520. The van der Waals surface area contributed by atoms with Crippen LogP contribution in [-0.4, -0.2) is 0 Å². The van der Waals surface area contributed by atoms with Gasteiger partial charge < -0.3 is 0 Å². The summed E-state index contributed by atoms with van der Waals surface area (Å²) >= 11 is 0. The zero-order chi connectivity index (χ0) is 13.8. The van der Waals surface area contributed by atoms with Crippen LogP contribution in [0.1, 0.15) is 84.5 Å². The van der Waals surface area contributed by atoms with E-state index >= 15 is 0 Å². The van der Waals surface area contributed by atoms with Crippen LogP contribution in [0.4, 0.5) is 0 Å². The van der Waals surface area contributed by atoms with Crippen LogP contribution in [-0.2, 0) is 0 Å². The lowest BCUT2D eigenvalue weighted by atomic mass is 9.80. The van der Waals surface area contributed by atoms with E-state index in [9.17, 15) is 0 Å². The third kappa shape index (κ3) is 8.29. The minimum absolute atomic E-state index is 0.885. The Labute approximate surface area is 121 Å². The molecule has 1 aliphatic rings. The smallest absolute Gasteiger partial charge is 0.0233 e. The molecule has 0 N–H and O–H groups in total. The highest BCUT2D eigenvalue weighted by molar-refractivity contribution is 4.89. The summed E-state index contributed by atoms with van der Waals surface area (Å²) in [5.74, 6) is 1.89. The molecule has 0 spiro atoms. The van der Waals surface area contributed by atoms with Crippen molar-refractivity contribution in [2.75, 3.05) is 0 Å². The number of rotatable bonds is 9. The number of allylic oxidation sites excluding steroid dienone is 4. The normalized spacial score (nSPS) is 24.5. The largest absolute Gasteiger partial charge is 0.0914 e. The highest BCUT2D eigenvalue weighted by Crippen LogP contribution is 2.32. The van der Waals surface area contributed by atoms with Crippen LogP contribution in [0.3, 0.4) is 0 Å². The van der Waals surface area contributed by atoms with Gasteiger partial charge in [-0.2, -0.15) is 0 Å². The molecular formula is C19H34. The van der Waals surface area contributed by atoms with Crippen molar-refractivity contribution in [3.8, 4) is 0 Å². The van der Waals surface area contributed by atoms with Gasteiger partial charge in [-0.15, -0.1) is 0 Å². The van der Waals surface area contributed by atoms with Crippen LogP contribution < -0.4 is 0 Å². The highest BCUT2D eigenvalue weighted by Gasteiger charge is 2.18. The lowest BCUT2D eigenvalue weighted by molar-refractivity contribution is 0.297. The van der Waals surface area contributed by atoms with E-state index in [2.05, 4.69) is 38.2 Å². The van der Waals surface area contributed by atoms with Gasteiger partial charge in [0.1, 0.15) is 0 Å². The third-order valence-corrected chi connectivity index (χ3v) is 4.49. The van der Waals surface area contributed by atoms with Gasteiger partial charge in [0.15, 0.2) is 0 Å². The second-order valence-electron chi connectivity index (χ2n) is 6.20. The molecule has 0 atom stereocenters. The van der Waals surface area contributed by atoms with Gasteiger partial charge in [0.25, 0.3) is 0 Å². The monoisotopic (exact) mass is 262 g/mol. The van der Waals surface area contributed by atoms with Crippen molar-refractivity contribution in [2.24, 2.45) is 11.8 Å². The summed E-state index contributed by atoms with van der Waals surface area (Å²) in [4.78, 5) is 0. The molecule has 0 aromatic heterocycles. The molecule has 19 heavy (non-hydrogen) atoms. The van der Waals surface area contributed by atoms with Crippen LogP contribution in [0.15, 0.2) is 24.3 Å². The van der Waals surface area contributed by atoms with E-state index in [4.69, 9.17) is 0 Å². The maximum atomic E-state index is 2.43. The van der Waals surface area contributed by atoms with E-state index in [0.717, 1.165) is 11.8 Å². The van der Waals surface area contributed by atoms with Crippen molar-refractivity contribution < 1.29 is 0 Å². The minimum Gasteiger partial charge on any atom is -0.0914 e. The fraction of sp³-hybridized carbons (Fsp3) is 0.789. The highest BCUT2D eigenvalue weighted by atomic mass is 14.2. The molecule has 110 valence electrons. The molecule has 0 radical (unpaired) electrons. The van der Waals surface area contributed by atoms with E-state index in [1.165, 1.54) is 70.6 Å². The topological polar surface area (TPSA) is 0 Å². The van der Waals surface area contributed by atoms with Crippen LogP contribution in [0.5, 0.6) is 0 Å². The van der Waals surface area contributed by atoms with Gasteiger partial charge in [0, 0.05) is 0 Å². The first-order valence-corrected chi connectivity index (χ1v) is 8.64. The number of hydrogen-bond donors (Lipinski definition) is 0. The van der Waals surface area contributed by atoms with Gasteiger partial charge in [-0.1, -0.05) is 50.5 Å². The Bertz CT molecular complexity index is 241. The maximum absolute atomic E-state index is 2.43. The SMILES string of the molecule is CC=CC1CCC(CCC=CCCCCCC)CC1. The second kappa shape index (κ2) is 11.3. The average Bonchev–Trinajstić information content (AvgIpc) is 2.44. The Morgan fingerprint density at radius 3 is 2.32 bits per heavy atom. The summed E-state index contributed by atoms with van der Waals surface area (Å²) in [7, 11) is 0. The first kappa shape index (κ1) is 16.5. The summed E-state index contributed by atoms with van der Waals surface area (Å²) in [5.41, 5.74) is 0. The van der Waals surface area contributed by atoms with Gasteiger partial charge in [-0.05, 0) is 70.1 Å². The molecule has 0 bridgehead atoms. The molecular weight excluding hydrogens is 228 g/mol. The molecule has 0 aliphatic heterocycles. The van der Waals surface area contributed by atoms with E-state index in [1.54, 1.807) is 0 Å². The molecule has 1 rings (SSSR count). The maximum Gasteiger partial charge on any atom is -0.0233 e. The van der Waals surface area contributed by atoms with Gasteiger partial charge in [-0.25, -0.2) is 0 Å². The van der Waals surface area contributed by atoms with E-state index in [0.29, 0.717) is 0 Å². The Morgan fingerprint density at radius 1 is 0.895 bits per heavy atom. The van der Waals surface area contributed by atoms with Crippen molar-refractivity contribution in [2.45, 2.75) is 84.5 Å². The molecule has 0 amide bonds. The number of hydrogen-bond acceptors (Lipinski definition) is 0.